The van der Waals surface area contributed by atoms with E-state index in [4.69, 9.17) is 5.73 Å². The molecule has 2 aliphatic rings. The van der Waals surface area contributed by atoms with E-state index in [0.717, 1.165) is 51.7 Å². The van der Waals surface area contributed by atoms with Crippen LogP contribution in [-0.2, 0) is 10.2 Å². The predicted molar refractivity (Wildman–Crippen MR) is 80.6 cm³/mol. The average molecular weight is 304 g/mol. The molecule has 0 spiro atoms. The second-order valence-electron chi connectivity index (χ2n) is 5.70. The van der Waals surface area contributed by atoms with Gasteiger partial charge in [-0.25, -0.2) is 0 Å². The van der Waals surface area contributed by atoms with Gasteiger partial charge in [-0.2, -0.15) is 17.0 Å². The molecular weight excluding hydrogens is 276 g/mol. The van der Waals surface area contributed by atoms with Crippen LogP contribution in [-0.4, -0.2) is 74.3 Å². The maximum atomic E-state index is 12.7. The molecule has 0 aromatic rings. The van der Waals surface area contributed by atoms with Gasteiger partial charge in [-0.1, -0.05) is 12.8 Å². The molecule has 0 bridgehead atoms. The summed E-state index contributed by atoms with van der Waals surface area (Å²) in [7, 11) is -3.26. The third-order valence-corrected chi connectivity index (χ3v) is 6.25. The van der Waals surface area contributed by atoms with E-state index >= 15 is 0 Å². The van der Waals surface area contributed by atoms with E-state index in [0.29, 0.717) is 32.7 Å². The van der Waals surface area contributed by atoms with Crippen molar-refractivity contribution < 1.29 is 8.42 Å². The van der Waals surface area contributed by atoms with Crippen LogP contribution in [0.3, 0.4) is 0 Å². The maximum Gasteiger partial charge on any atom is 0.282 e. The first-order chi connectivity index (χ1) is 9.64. The summed E-state index contributed by atoms with van der Waals surface area (Å²) < 4.78 is 28.8. The molecule has 2 saturated heterocycles. The van der Waals surface area contributed by atoms with Crippen LogP contribution in [0, 0.1) is 0 Å². The van der Waals surface area contributed by atoms with Crippen LogP contribution in [0.1, 0.15) is 32.1 Å². The normalized spacial score (nSPS) is 25.2. The molecule has 2 rings (SSSR count). The molecule has 0 aromatic heterocycles. The minimum absolute atomic E-state index is 0.596. The van der Waals surface area contributed by atoms with Crippen LogP contribution in [0.5, 0.6) is 0 Å². The molecule has 118 valence electrons. The Morgan fingerprint density at radius 1 is 0.750 bits per heavy atom. The summed E-state index contributed by atoms with van der Waals surface area (Å²) in [5, 5.41) is 0. The smallest absolute Gasteiger partial charge is 0.282 e. The fourth-order valence-corrected chi connectivity index (χ4v) is 4.74. The lowest BCUT2D eigenvalue weighted by atomic mass is 10.2. The van der Waals surface area contributed by atoms with E-state index in [9.17, 15) is 8.42 Å². The summed E-state index contributed by atoms with van der Waals surface area (Å²) in [6, 6.07) is 0. The summed E-state index contributed by atoms with van der Waals surface area (Å²) in [4.78, 5) is 2.26. The van der Waals surface area contributed by atoms with E-state index in [1.165, 1.54) is 0 Å². The van der Waals surface area contributed by atoms with Crippen molar-refractivity contribution in [2.45, 2.75) is 32.1 Å². The minimum Gasteiger partial charge on any atom is -0.329 e. The van der Waals surface area contributed by atoms with Gasteiger partial charge >= 0.3 is 0 Å². The molecule has 0 aliphatic carbocycles. The largest absolute Gasteiger partial charge is 0.329 e. The third kappa shape index (κ3) is 4.14. The van der Waals surface area contributed by atoms with E-state index in [-0.39, 0.29) is 0 Å². The van der Waals surface area contributed by atoms with Crippen LogP contribution in [0.4, 0.5) is 0 Å². The molecule has 2 aliphatic heterocycles. The SMILES string of the molecule is NCCN1CCCN(S(=O)(=O)N2CCCCCC2)CC1. The van der Waals surface area contributed by atoms with Crippen molar-refractivity contribution >= 4 is 10.2 Å². The standard InChI is InChI=1S/C13H28N4O2S/c14-6-11-15-7-5-10-17(13-12-15)20(18,19)16-8-3-1-2-4-9-16/h1-14H2. The van der Waals surface area contributed by atoms with Gasteiger partial charge in [0.25, 0.3) is 10.2 Å². The molecule has 20 heavy (non-hydrogen) atoms. The summed E-state index contributed by atoms with van der Waals surface area (Å²) in [5.74, 6) is 0. The van der Waals surface area contributed by atoms with E-state index in [1.807, 2.05) is 0 Å². The van der Waals surface area contributed by atoms with Crippen LogP contribution < -0.4 is 5.73 Å². The highest BCUT2D eigenvalue weighted by atomic mass is 32.2. The molecule has 2 N–H and O–H groups in total. The number of nitrogens with two attached hydrogens (primary N) is 1. The quantitative estimate of drug-likeness (QED) is 0.798. The van der Waals surface area contributed by atoms with Crippen molar-refractivity contribution in [2.24, 2.45) is 5.73 Å². The monoisotopic (exact) mass is 304 g/mol. The Labute approximate surface area is 123 Å². The van der Waals surface area contributed by atoms with Crippen molar-refractivity contribution in [3.05, 3.63) is 0 Å². The van der Waals surface area contributed by atoms with Gasteiger partial charge in [-0.3, -0.25) is 0 Å². The Kier molecular flexibility index (Phi) is 6.22. The topological polar surface area (TPSA) is 69.9 Å². The van der Waals surface area contributed by atoms with Crippen molar-refractivity contribution in [3.63, 3.8) is 0 Å². The lowest BCUT2D eigenvalue weighted by Gasteiger charge is -2.28. The highest BCUT2D eigenvalue weighted by Gasteiger charge is 2.31. The fourth-order valence-electron chi connectivity index (χ4n) is 3.02. The first-order valence-corrected chi connectivity index (χ1v) is 9.22. The van der Waals surface area contributed by atoms with Gasteiger partial charge in [-0.15, -0.1) is 0 Å². The molecule has 0 amide bonds. The van der Waals surface area contributed by atoms with E-state index in [2.05, 4.69) is 4.90 Å². The van der Waals surface area contributed by atoms with Gasteiger partial charge in [0.1, 0.15) is 0 Å². The highest BCUT2D eigenvalue weighted by Crippen LogP contribution is 2.17. The fraction of sp³-hybridized carbons (Fsp3) is 1.00. The van der Waals surface area contributed by atoms with Crippen LogP contribution in [0.15, 0.2) is 0 Å². The van der Waals surface area contributed by atoms with Gasteiger partial charge in [0.05, 0.1) is 0 Å². The second kappa shape index (κ2) is 7.70. The Morgan fingerprint density at radius 3 is 2.00 bits per heavy atom. The first kappa shape index (κ1) is 16.2. The molecule has 2 fully saturated rings. The Hall–Kier alpha value is -0.210. The lowest BCUT2D eigenvalue weighted by molar-refractivity contribution is 0.290. The summed E-state index contributed by atoms with van der Waals surface area (Å²) in [5.41, 5.74) is 5.58. The summed E-state index contributed by atoms with van der Waals surface area (Å²) in [6.07, 6.45) is 5.18. The first-order valence-electron chi connectivity index (χ1n) is 7.82. The Balaban J connectivity index is 1.97. The van der Waals surface area contributed by atoms with Crippen LogP contribution in [0.2, 0.25) is 0 Å². The predicted octanol–water partition coefficient (Wildman–Crippen LogP) is 0.0736. The van der Waals surface area contributed by atoms with Gasteiger partial charge in [0, 0.05) is 45.8 Å². The third-order valence-electron chi connectivity index (χ3n) is 4.21. The van der Waals surface area contributed by atoms with Crippen LogP contribution in [0.25, 0.3) is 0 Å². The number of nitrogens with zero attached hydrogens (tertiary/aromatic N) is 3. The molecule has 7 heteroatoms. The summed E-state index contributed by atoms with van der Waals surface area (Å²) >= 11 is 0. The lowest BCUT2D eigenvalue weighted by Crippen LogP contribution is -2.45. The summed E-state index contributed by atoms with van der Waals surface area (Å²) in [6.45, 7) is 5.85. The molecule has 0 unspecified atom stereocenters. The van der Waals surface area contributed by atoms with Crippen LogP contribution >= 0.6 is 0 Å². The van der Waals surface area contributed by atoms with Crippen molar-refractivity contribution in [1.29, 1.82) is 0 Å². The molecule has 6 nitrogen and oxygen atoms in total. The van der Waals surface area contributed by atoms with Gasteiger partial charge < -0.3 is 10.6 Å². The van der Waals surface area contributed by atoms with Gasteiger partial charge in [0.2, 0.25) is 0 Å². The van der Waals surface area contributed by atoms with E-state index < -0.39 is 10.2 Å². The second-order valence-corrected chi connectivity index (χ2v) is 7.63. The Morgan fingerprint density at radius 2 is 1.35 bits per heavy atom. The zero-order valence-corrected chi connectivity index (χ0v) is 13.2. The number of hydrogen-bond donors (Lipinski definition) is 1. The molecular formula is C13H28N4O2S. The van der Waals surface area contributed by atoms with Crippen molar-refractivity contribution in [1.82, 2.24) is 13.5 Å². The number of hydrogen-bond acceptors (Lipinski definition) is 4. The molecule has 0 radical (unpaired) electrons. The Bertz CT molecular complexity index is 380. The minimum atomic E-state index is -3.26. The molecule has 2 heterocycles. The molecule has 0 aromatic carbocycles. The van der Waals surface area contributed by atoms with Gasteiger partial charge in [-0.05, 0) is 25.8 Å². The van der Waals surface area contributed by atoms with Gasteiger partial charge in [0.15, 0.2) is 0 Å². The zero-order chi connectivity index (χ0) is 14.4. The van der Waals surface area contributed by atoms with Crippen molar-refractivity contribution in [3.8, 4) is 0 Å². The number of rotatable bonds is 4. The highest BCUT2D eigenvalue weighted by molar-refractivity contribution is 7.86. The average Bonchev–Trinajstić information content (AvgIpc) is 2.82. The maximum absolute atomic E-state index is 12.7. The van der Waals surface area contributed by atoms with E-state index in [1.54, 1.807) is 8.61 Å². The molecule has 0 atom stereocenters. The molecule has 0 saturated carbocycles. The zero-order valence-electron chi connectivity index (χ0n) is 12.3. The van der Waals surface area contributed by atoms with Crippen molar-refractivity contribution in [2.75, 3.05) is 52.4 Å².